The molecule has 1 aromatic rings. The van der Waals surface area contributed by atoms with Gasteiger partial charge in [0.25, 0.3) is 0 Å². The van der Waals surface area contributed by atoms with Gasteiger partial charge in [-0.3, -0.25) is 9.69 Å². The van der Waals surface area contributed by atoms with Crippen LogP contribution < -0.4 is 5.32 Å². The van der Waals surface area contributed by atoms with Gasteiger partial charge in [-0.15, -0.1) is 0 Å². The summed E-state index contributed by atoms with van der Waals surface area (Å²) in [7, 11) is -1.54. The number of amides is 1. The largest absolute Gasteiger partial charge is 0.325 e. The summed E-state index contributed by atoms with van der Waals surface area (Å²) in [4.78, 5) is 14.8. The highest BCUT2D eigenvalue weighted by Crippen LogP contribution is 2.22. The first kappa shape index (κ1) is 21.9. The lowest BCUT2D eigenvalue weighted by molar-refractivity contribution is -0.117. The zero-order valence-corrected chi connectivity index (χ0v) is 17.6. The van der Waals surface area contributed by atoms with Crippen LogP contribution in [0.5, 0.6) is 0 Å². The highest BCUT2D eigenvalue weighted by Gasteiger charge is 2.22. The number of anilines is 1. The van der Waals surface area contributed by atoms with Gasteiger partial charge in [0.1, 0.15) is 0 Å². The Kier molecular flexibility index (Phi) is 8.26. The molecule has 1 amide bonds. The maximum absolute atomic E-state index is 12.7. The smallest absolute Gasteiger partial charge is 0.243 e. The quantitative estimate of drug-likeness (QED) is 0.686. The molecule has 0 atom stereocenters. The Balaban J connectivity index is 2.01. The van der Waals surface area contributed by atoms with E-state index in [4.69, 9.17) is 0 Å². The van der Waals surface area contributed by atoms with Crippen molar-refractivity contribution in [2.75, 3.05) is 32.0 Å². The van der Waals surface area contributed by atoms with Gasteiger partial charge in [0.15, 0.2) is 0 Å². The summed E-state index contributed by atoms with van der Waals surface area (Å²) in [6.07, 6.45) is 7.29. The van der Waals surface area contributed by atoms with Crippen molar-refractivity contribution in [3.05, 3.63) is 24.3 Å². The van der Waals surface area contributed by atoms with Gasteiger partial charge in [-0.05, 0) is 38.1 Å². The fraction of sp³-hybridized carbons (Fsp3) is 0.650. The molecule has 6 nitrogen and oxygen atoms in total. The molecule has 1 aliphatic rings. The van der Waals surface area contributed by atoms with Crippen LogP contribution in [-0.4, -0.2) is 56.3 Å². The molecule has 0 aliphatic heterocycles. The summed E-state index contributed by atoms with van der Waals surface area (Å²) in [5, 5.41) is 2.85. The Bertz CT molecular complexity index is 709. The van der Waals surface area contributed by atoms with Crippen molar-refractivity contribution in [3.8, 4) is 0 Å². The lowest BCUT2D eigenvalue weighted by Gasteiger charge is -2.26. The van der Waals surface area contributed by atoms with Gasteiger partial charge >= 0.3 is 0 Å². The van der Waals surface area contributed by atoms with E-state index in [1.54, 1.807) is 18.2 Å². The maximum Gasteiger partial charge on any atom is 0.243 e. The molecule has 27 heavy (non-hydrogen) atoms. The molecule has 7 heteroatoms. The van der Waals surface area contributed by atoms with Crippen molar-refractivity contribution in [2.45, 2.75) is 63.3 Å². The van der Waals surface area contributed by atoms with E-state index in [1.165, 1.54) is 36.1 Å². The molecule has 0 heterocycles. The average molecular weight is 396 g/mol. The van der Waals surface area contributed by atoms with Gasteiger partial charge in [0.05, 0.1) is 11.4 Å². The molecule has 1 aliphatic carbocycles. The van der Waals surface area contributed by atoms with Crippen molar-refractivity contribution in [1.82, 2.24) is 9.21 Å². The number of sulfonamides is 1. The molecule has 2 rings (SSSR count). The topological polar surface area (TPSA) is 69.7 Å². The highest BCUT2D eigenvalue weighted by atomic mass is 32.2. The fourth-order valence-electron chi connectivity index (χ4n) is 3.70. The van der Waals surface area contributed by atoms with E-state index in [1.807, 2.05) is 20.9 Å². The second-order valence-electron chi connectivity index (χ2n) is 7.23. The molecule has 1 saturated carbocycles. The summed E-state index contributed by atoms with van der Waals surface area (Å²) < 4.78 is 26.7. The number of benzene rings is 1. The maximum atomic E-state index is 12.7. The van der Waals surface area contributed by atoms with Crippen molar-refractivity contribution >= 4 is 21.6 Å². The van der Waals surface area contributed by atoms with Gasteiger partial charge in [-0.1, -0.05) is 45.6 Å². The predicted molar refractivity (Wildman–Crippen MR) is 109 cm³/mol. The SMILES string of the molecule is CCN(CC)S(=O)(=O)c1cccc(NC(=O)CN(C)C2CCCCCC2)c1. The van der Waals surface area contributed by atoms with Crippen molar-refractivity contribution in [2.24, 2.45) is 0 Å². The number of rotatable bonds is 8. The van der Waals surface area contributed by atoms with Crippen LogP contribution in [0.3, 0.4) is 0 Å². The molecular weight excluding hydrogens is 362 g/mol. The van der Waals surface area contributed by atoms with Crippen molar-refractivity contribution in [3.63, 3.8) is 0 Å². The third-order valence-corrected chi connectivity index (χ3v) is 7.35. The van der Waals surface area contributed by atoms with Gasteiger partial charge in [0.2, 0.25) is 15.9 Å². The molecular formula is C20H33N3O3S. The zero-order valence-electron chi connectivity index (χ0n) is 16.8. The van der Waals surface area contributed by atoms with Crippen LogP contribution in [0, 0.1) is 0 Å². The third kappa shape index (κ3) is 6.02. The van der Waals surface area contributed by atoms with E-state index in [-0.39, 0.29) is 10.8 Å². The molecule has 0 bridgehead atoms. The minimum atomic E-state index is -3.53. The lowest BCUT2D eigenvalue weighted by atomic mass is 10.1. The standard InChI is InChI=1S/C20H33N3O3S/c1-4-23(5-2)27(25,26)19-14-10-11-17(15-19)21-20(24)16-22(3)18-12-8-6-7-9-13-18/h10-11,14-15,18H,4-9,12-13,16H2,1-3H3,(H,21,24). The van der Waals surface area contributed by atoms with Crippen LogP contribution in [0.25, 0.3) is 0 Å². The Labute approximate surface area is 164 Å². The van der Waals surface area contributed by atoms with Crippen LogP contribution in [0.2, 0.25) is 0 Å². The van der Waals surface area contributed by atoms with Crippen molar-refractivity contribution in [1.29, 1.82) is 0 Å². The highest BCUT2D eigenvalue weighted by molar-refractivity contribution is 7.89. The van der Waals surface area contributed by atoms with E-state index in [0.29, 0.717) is 31.4 Å². The van der Waals surface area contributed by atoms with Crippen LogP contribution >= 0.6 is 0 Å². The van der Waals surface area contributed by atoms with Gasteiger partial charge in [0, 0.05) is 24.8 Å². The lowest BCUT2D eigenvalue weighted by Crippen LogP contribution is -2.37. The molecule has 0 spiro atoms. The number of carbonyl (C=O) groups excluding carboxylic acids is 1. The van der Waals surface area contributed by atoms with E-state index >= 15 is 0 Å². The van der Waals surface area contributed by atoms with Crippen LogP contribution in [0.4, 0.5) is 5.69 Å². The molecule has 1 N–H and O–H groups in total. The predicted octanol–water partition coefficient (Wildman–Crippen LogP) is 3.31. The normalized spacial score (nSPS) is 16.5. The second kappa shape index (κ2) is 10.2. The summed E-state index contributed by atoms with van der Waals surface area (Å²) in [6, 6.07) is 6.96. The molecule has 1 fully saturated rings. The minimum absolute atomic E-state index is 0.112. The monoisotopic (exact) mass is 395 g/mol. The molecule has 152 valence electrons. The Morgan fingerprint density at radius 3 is 2.33 bits per heavy atom. The summed E-state index contributed by atoms with van der Waals surface area (Å²) in [5.74, 6) is -0.112. The summed E-state index contributed by atoms with van der Waals surface area (Å²) >= 11 is 0. The third-order valence-electron chi connectivity index (χ3n) is 5.30. The van der Waals surface area contributed by atoms with E-state index < -0.39 is 10.0 Å². The number of nitrogens with zero attached hydrogens (tertiary/aromatic N) is 2. The number of likely N-dealkylation sites (N-methyl/N-ethyl adjacent to an activating group) is 1. The molecule has 0 saturated heterocycles. The Hall–Kier alpha value is -1.44. The van der Waals surface area contributed by atoms with Crippen LogP contribution in [0.1, 0.15) is 52.4 Å². The van der Waals surface area contributed by atoms with Gasteiger partial charge in [-0.2, -0.15) is 4.31 Å². The van der Waals surface area contributed by atoms with Crippen LogP contribution in [-0.2, 0) is 14.8 Å². The van der Waals surface area contributed by atoms with Gasteiger partial charge in [-0.25, -0.2) is 8.42 Å². The molecule has 1 aromatic carbocycles. The van der Waals surface area contributed by atoms with E-state index in [9.17, 15) is 13.2 Å². The fourth-order valence-corrected chi connectivity index (χ4v) is 5.21. The van der Waals surface area contributed by atoms with Crippen LogP contribution in [0.15, 0.2) is 29.2 Å². The Morgan fingerprint density at radius 2 is 1.74 bits per heavy atom. The summed E-state index contributed by atoms with van der Waals surface area (Å²) in [5.41, 5.74) is 0.516. The minimum Gasteiger partial charge on any atom is -0.325 e. The van der Waals surface area contributed by atoms with Gasteiger partial charge < -0.3 is 5.32 Å². The molecule has 0 radical (unpaired) electrons. The van der Waals surface area contributed by atoms with E-state index in [2.05, 4.69) is 10.2 Å². The first-order valence-corrected chi connectivity index (χ1v) is 11.4. The van der Waals surface area contributed by atoms with Crippen molar-refractivity contribution < 1.29 is 13.2 Å². The zero-order chi connectivity index (χ0) is 19.9. The number of nitrogens with one attached hydrogen (secondary N) is 1. The Morgan fingerprint density at radius 1 is 1.11 bits per heavy atom. The first-order chi connectivity index (χ1) is 12.9. The number of hydrogen-bond acceptors (Lipinski definition) is 4. The molecule has 0 unspecified atom stereocenters. The summed E-state index contributed by atoms with van der Waals surface area (Å²) in [6.45, 7) is 4.78. The first-order valence-electron chi connectivity index (χ1n) is 9.98. The number of carbonyl (C=O) groups is 1. The van der Waals surface area contributed by atoms with E-state index in [0.717, 1.165) is 12.8 Å². The average Bonchev–Trinajstić information content (AvgIpc) is 2.92. The number of hydrogen-bond donors (Lipinski definition) is 1. The molecule has 0 aromatic heterocycles. The second-order valence-corrected chi connectivity index (χ2v) is 9.16.